The van der Waals surface area contributed by atoms with Crippen molar-refractivity contribution in [2.24, 2.45) is 5.92 Å². The molecule has 3 amide bonds. The molecule has 1 saturated heterocycles. The number of hydrogen-bond acceptors (Lipinski definition) is 6. The summed E-state index contributed by atoms with van der Waals surface area (Å²) >= 11 is 1.25. The quantitative estimate of drug-likeness (QED) is 0.506. The van der Waals surface area contributed by atoms with Gasteiger partial charge in [-0.2, -0.15) is 0 Å². The molecule has 0 radical (unpaired) electrons. The molecule has 1 spiro atoms. The lowest BCUT2D eigenvalue weighted by Gasteiger charge is -2.36. The Bertz CT molecular complexity index is 895. The second-order valence-corrected chi connectivity index (χ2v) is 10.5. The SMILES string of the molecule is CC1CCCCC12NC(=O)N(CC(=O)c1ccc(CCNS(C)(=O)=O)s1)C2=O. The second kappa shape index (κ2) is 7.92. The predicted octanol–water partition coefficient (Wildman–Crippen LogP) is 1.52. The Hall–Kier alpha value is -1.78. The average molecular weight is 428 g/mol. The van der Waals surface area contributed by atoms with E-state index >= 15 is 0 Å². The fraction of sp³-hybridized carbons (Fsp3) is 0.611. The van der Waals surface area contributed by atoms with Crippen molar-refractivity contribution in [1.82, 2.24) is 14.9 Å². The molecule has 1 saturated carbocycles. The van der Waals surface area contributed by atoms with Crippen LogP contribution in [0.15, 0.2) is 12.1 Å². The van der Waals surface area contributed by atoms with Gasteiger partial charge in [-0.3, -0.25) is 14.5 Å². The number of nitrogens with one attached hydrogen (secondary N) is 2. The summed E-state index contributed by atoms with van der Waals surface area (Å²) in [6.07, 6.45) is 4.97. The van der Waals surface area contributed by atoms with Crippen molar-refractivity contribution in [2.45, 2.75) is 44.6 Å². The van der Waals surface area contributed by atoms with E-state index in [2.05, 4.69) is 10.0 Å². The number of nitrogens with zero attached hydrogens (tertiary/aromatic N) is 1. The molecule has 0 aromatic carbocycles. The third kappa shape index (κ3) is 4.28. The zero-order valence-electron chi connectivity index (χ0n) is 16.0. The van der Waals surface area contributed by atoms with Gasteiger partial charge in [0, 0.05) is 11.4 Å². The highest BCUT2D eigenvalue weighted by atomic mass is 32.2. The van der Waals surface area contributed by atoms with Crippen molar-refractivity contribution < 1.29 is 22.8 Å². The molecule has 1 aromatic rings. The third-order valence-corrected chi connectivity index (χ3v) is 7.39. The third-order valence-electron chi connectivity index (χ3n) is 5.48. The minimum atomic E-state index is -3.25. The molecular weight excluding hydrogens is 402 g/mol. The predicted molar refractivity (Wildman–Crippen MR) is 106 cm³/mol. The summed E-state index contributed by atoms with van der Waals surface area (Å²) in [6.45, 7) is 1.94. The summed E-state index contributed by atoms with van der Waals surface area (Å²) in [5, 5.41) is 2.85. The first-order valence-corrected chi connectivity index (χ1v) is 12.0. The average Bonchev–Trinajstić information content (AvgIpc) is 3.16. The van der Waals surface area contributed by atoms with Crippen LogP contribution in [0.1, 0.15) is 47.2 Å². The van der Waals surface area contributed by atoms with Gasteiger partial charge in [0.25, 0.3) is 5.91 Å². The number of carbonyl (C=O) groups excluding carboxylic acids is 3. The summed E-state index contributed by atoms with van der Waals surface area (Å²) in [5.41, 5.74) is -0.868. The Kier molecular flexibility index (Phi) is 5.92. The number of imide groups is 1. The first kappa shape index (κ1) is 20.9. The minimum absolute atomic E-state index is 0.0495. The maximum Gasteiger partial charge on any atom is 0.325 e. The van der Waals surface area contributed by atoms with Crippen molar-refractivity contribution in [2.75, 3.05) is 19.3 Å². The van der Waals surface area contributed by atoms with E-state index in [0.29, 0.717) is 17.7 Å². The van der Waals surface area contributed by atoms with Crippen LogP contribution in [-0.4, -0.2) is 55.9 Å². The number of amides is 3. The fourth-order valence-electron chi connectivity index (χ4n) is 3.88. The maximum absolute atomic E-state index is 12.9. The first-order chi connectivity index (χ1) is 13.1. The molecule has 2 atom stereocenters. The molecular formula is C18H25N3O5S2. The molecule has 10 heteroatoms. The smallest absolute Gasteiger partial charge is 0.323 e. The molecule has 28 heavy (non-hydrogen) atoms. The van der Waals surface area contributed by atoms with Crippen molar-refractivity contribution >= 4 is 39.1 Å². The van der Waals surface area contributed by atoms with E-state index in [1.165, 1.54) is 11.3 Å². The molecule has 8 nitrogen and oxygen atoms in total. The molecule has 3 rings (SSSR count). The molecule has 154 valence electrons. The lowest BCUT2D eigenvalue weighted by atomic mass is 9.73. The van der Waals surface area contributed by atoms with Crippen molar-refractivity contribution in [3.63, 3.8) is 0 Å². The normalized spacial score (nSPS) is 25.4. The van der Waals surface area contributed by atoms with Crippen LogP contribution in [-0.2, 0) is 21.2 Å². The Labute approximate surface area is 168 Å². The number of rotatable bonds is 7. The van der Waals surface area contributed by atoms with Gasteiger partial charge < -0.3 is 5.32 Å². The van der Waals surface area contributed by atoms with Crippen LogP contribution in [0.25, 0.3) is 0 Å². The van der Waals surface area contributed by atoms with Gasteiger partial charge in [0.05, 0.1) is 17.7 Å². The van der Waals surface area contributed by atoms with Gasteiger partial charge >= 0.3 is 6.03 Å². The number of carbonyl (C=O) groups is 3. The van der Waals surface area contributed by atoms with E-state index < -0.39 is 21.6 Å². The Morgan fingerprint density at radius 3 is 2.79 bits per heavy atom. The summed E-state index contributed by atoms with van der Waals surface area (Å²) in [7, 11) is -3.25. The van der Waals surface area contributed by atoms with E-state index in [-0.39, 0.29) is 30.7 Å². The molecule has 2 fully saturated rings. The van der Waals surface area contributed by atoms with Crippen LogP contribution < -0.4 is 10.0 Å². The molecule has 2 aliphatic rings. The van der Waals surface area contributed by atoms with Crippen molar-refractivity contribution in [1.29, 1.82) is 0 Å². The van der Waals surface area contributed by atoms with Gasteiger partial charge in [-0.1, -0.05) is 19.8 Å². The van der Waals surface area contributed by atoms with E-state index in [0.717, 1.165) is 35.3 Å². The van der Waals surface area contributed by atoms with E-state index in [1.54, 1.807) is 12.1 Å². The fourth-order valence-corrected chi connectivity index (χ4v) is 5.29. The van der Waals surface area contributed by atoms with Gasteiger partial charge in [0.1, 0.15) is 5.54 Å². The van der Waals surface area contributed by atoms with Crippen LogP contribution in [0.4, 0.5) is 4.79 Å². The van der Waals surface area contributed by atoms with Crippen LogP contribution in [0.3, 0.4) is 0 Å². The van der Waals surface area contributed by atoms with Crippen LogP contribution >= 0.6 is 11.3 Å². The zero-order valence-corrected chi connectivity index (χ0v) is 17.6. The topological polar surface area (TPSA) is 113 Å². The van der Waals surface area contributed by atoms with E-state index in [1.807, 2.05) is 6.92 Å². The van der Waals surface area contributed by atoms with Crippen LogP contribution in [0.5, 0.6) is 0 Å². The first-order valence-electron chi connectivity index (χ1n) is 9.33. The highest BCUT2D eigenvalue weighted by Gasteiger charge is 2.55. The molecule has 0 bridgehead atoms. The number of urea groups is 1. The van der Waals surface area contributed by atoms with Gasteiger partial charge in [0.2, 0.25) is 10.0 Å². The largest absolute Gasteiger partial charge is 0.325 e. The zero-order chi connectivity index (χ0) is 20.5. The van der Waals surface area contributed by atoms with E-state index in [9.17, 15) is 22.8 Å². The van der Waals surface area contributed by atoms with Crippen LogP contribution in [0, 0.1) is 5.92 Å². The van der Waals surface area contributed by atoms with E-state index in [4.69, 9.17) is 0 Å². The van der Waals surface area contributed by atoms with Crippen LogP contribution in [0.2, 0.25) is 0 Å². The number of sulfonamides is 1. The monoisotopic (exact) mass is 427 g/mol. The van der Waals surface area contributed by atoms with Gasteiger partial charge in [0.15, 0.2) is 5.78 Å². The summed E-state index contributed by atoms with van der Waals surface area (Å²) in [5.74, 6) is -0.544. The second-order valence-electron chi connectivity index (χ2n) is 7.55. The number of hydrogen-bond donors (Lipinski definition) is 2. The number of ketones is 1. The summed E-state index contributed by atoms with van der Waals surface area (Å²) in [6, 6.07) is 2.92. The summed E-state index contributed by atoms with van der Waals surface area (Å²) < 4.78 is 24.6. The van der Waals surface area contributed by atoms with Gasteiger partial charge in [-0.05, 0) is 37.3 Å². The molecule has 2 unspecified atom stereocenters. The molecule has 1 aromatic heterocycles. The highest BCUT2D eigenvalue weighted by molar-refractivity contribution is 7.88. The van der Waals surface area contributed by atoms with Gasteiger partial charge in [-0.15, -0.1) is 11.3 Å². The Balaban J connectivity index is 1.63. The molecule has 1 aliphatic carbocycles. The minimum Gasteiger partial charge on any atom is -0.323 e. The Morgan fingerprint density at radius 1 is 1.36 bits per heavy atom. The van der Waals surface area contributed by atoms with Crippen molar-refractivity contribution in [3.8, 4) is 0 Å². The standard InChI is InChI=1S/C18H25N3O5S2/c1-12-5-3-4-9-18(12)16(23)21(17(24)20-18)11-14(22)15-7-6-13(27-15)8-10-19-28(2,25)26/h6-7,12,19H,3-5,8-11H2,1-2H3,(H,20,24). The lowest BCUT2D eigenvalue weighted by Crippen LogP contribution is -2.54. The number of thiophene rings is 1. The molecule has 1 aliphatic heterocycles. The Morgan fingerprint density at radius 2 is 2.11 bits per heavy atom. The summed E-state index contributed by atoms with van der Waals surface area (Å²) in [4.78, 5) is 40.3. The lowest BCUT2D eigenvalue weighted by molar-refractivity contribution is -0.133. The van der Waals surface area contributed by atoms with Gasteiger partial charge in [-0.25, -0.2) is 17.9 Å². The highest BCUT2D eigenvalue weighted by Crippen LogP contribution is 2.38. The molecule has 2 heterocycles. The maximum atomic E-state index is 12.9. The molecule has 2 N–H and O–H groups in total. The van der Waals surface area contributed by atoms with Crippen molar-refractivity contribution in [3.05, 3.63) is 21.9 Å². The number of Topliss-reactive ketones (excluding diaryl/α,β-unsaturated/α-hetero) is 1.